The van der Waals surface area contributed by atoms with Gasteiger partial charge in [0.25, 0.3) is 5.69 Å². The van der Waals surface area contributed by atoms with Gasteiger partial charge in [-0.2, -0.15) is 0 Å². The maximum atomic E-state index is 11.2. The number of para-hydroxylation sites is 1. The van der Waals surface area contributed by atoms with E-state index in [0.29, 0.717) is 6.54 Å². The highest BCUT2D eigenvalue weighted by molar-refractivity contribution is 5.40. The van der Waals surface area contributed by atoms with Gasteiger partial charge < -0.3 is 19.3 Å². The summed E-state index contributed by atoms with van der Waals surface area (Å²) in [5.74, 6) is 1.65. The number of nitrogens with zero attached hydrogens (tertiary/aromatic N) is 1. The molecule has 0 saturated carbocycles. The van der Waals surface area contributed by atoms with Crippen molar-refractivity contribution in [2.45, 2.75) is 13.1 Å². The molecule has 1 heterocycles. The average molecular weight is 373 g/mol. The van der Waals surface area contributed by atoms with Gasteiger partial charge in [-0.25, -0.2) is 0 Å². The number of hydrogen-bond donors (Lipinski definition) is 2. The Hall–Kier alpha value is -2.64. The molecule has 2 aromatic carbocycles. The molecule has 144 valence electrons. The Morgan fingerprint density at radius 3 is 2.15 bits per heavy atom. The van der Waals surface area contributed by atoms with Crippen molar-refractivity contribution in [1.82, 2.24) is 0 Å². The van der Waals surface area contributed by atoms with Crippen LogP contribution in [0.4, 0.5) is 5.69 Å². The summed E-state index contributed by atoms with van der Waals surface area (Å²) < 4.78 is 10.8. The van der Waals surface area contributed by atoms with E-state index in [1.165, 1.54) is 15.4 Å². The van der Waals surface area contributed by atoms with Gasteiger partial charge in [-0.15, -0.1) is 0 Å². The minimum Gasteiger partial charge on any atom is -0.497 e. The minimum atomic E-state index is -0.285. The van der Waals surface area contributed by atoms with Gasteiger partial charge in [-0.3, -0.25) is 10.1 Å². The third-order valence-corrected chi connectivity index (χ3v) is 5.23. The fraction of sp³-hybridized carbons (Fsp3) is 0.400. The van der Waals surface area contributed by atoms with Crippen molar-refractivity contribution in [3.63, 3.8) is 0 Å². The molecule has 27 heavy (non-hydrogen) atoms. The molecule has 0 aliphatic carbocycles. The van der Waals surface area contributed by atoms with Crippen molar-refractivity contribution in [2.24, 2.45) is 0 Å². The first-order valence-corrected chi connectivity index (χ1v) is 9.21. The third kappa shape index (κ3) is 4.75. The Morgan fingerprint density at radius 2 is 1.56 bits per heavy atom. The van der Waals surface area contributed by atoms with Crippen molar-refractivity contribution in [3.8, 4) is 11.5 Å². The molecule has 1 fully saturated rings. The van der Waals surface area contributed by atoms with E-state index >= 15 is 0 Å². The van der Waals surface area contributed by atoms with Crippen LogP contribution in [0.25, 0.3) is 0 Å². The van der Waals surface area contributed by atoms with Crippen molar-refractivity contribution in [1.29, 1.82) is 0 Å². The number of piperazine rings is 1. The van der Waals surface area contributed by atoms with Gasteiger partial charge in [0.05, 0.1) is 24.7 Å². The van der Waals surface area contributed by atoms with Crippen LogP contribution in [0.2, 0.25) is 0 Å². The molecular weight excluding hydrogens is 346 g/mol. The second-order valence-corrected chi connectivity index (χ2v) is 6.92. The number of nitro groups is 1. The van der Waals surface area contributed by atoms with E-state index in [0.717, 1.165) is 49.8 Å². The van der Waals surface area contributed by atoms with Crippen LogP contribution in [0.15, 0.2) is 42.5 Å². The predicted molar refractivity (Wildman–Crippen MR) is 101 cm³/mol. The standard InChI is InChI=1S/C20H25N3O4/c1-26-18-8-7-17(20(13-18)27-2)15-22-11-9-21(10-12-22)14-16-5-3-4-6-19(16)23(24)25/h3-8,13H,9-12,14-15H2,1-2H3/p+2. The third-order valence-electron chi connectivity index (χ3n) is 5.23. The topological polar surface area (TPSA) is 70.5 Å². The maximum absolute atomic E-state index is 11.2. The van der Waals surface area contributed by atoms with E-state index < -0.39 is 0 Å². The zero-order valence-electron chi connectivity index (χ0n) is 15.9. The monoisotopic (exact) mass is 373 g/mol. The summed E-state index contributed by atoms with van der Waals surface area (Å²) in [5, 5.41) is 11.2. The minimum absolute atomic E-state index is 0.225. The zero-order chi connectivity index (χ0) is 19.2. The molecule has 3 rings (SSSR count). The quantitative estimate of drug-likeness (QED) is 0.533. The lowest BCUT2D eigenvalue weighted by molar-refractivity contribution is -1.02. The van der Waals surface area contributed by atoms with Crippen molar-refractivity contribution in [2.75, 3.05) is 40.4 Å². The summed E-state index contributed by atoms with van der Waals surface area (Å²) in [4.78, 5) is 13.8. The van der Waals surface area contributed by atoms with E-state index in [9.17, 15) is 10.1 Å². The van der Waals surface area contributed by atoms with E-state index in [4.69, 9.17) is 9.47 Å². The zero-order valence-corrected chi connectivity index (χ0v) is 15.9. The van der Waals surface area contributed by atoms with Crippen LogP contribution in [0.5, 0.6) is 11.5 Å². The van der Waals surface area contributed by atoms with Crippen LogP contribution in [0.3, 0.4) is 0 Å². The smallest absolute Gasteiger partial charge is 0.278 e. The summed E-state index contributed by atoms with van der Waals surface area (Å²) in [7, 11) is 3.33. The van der Waals surface area contributed by atoms with Crippen molar-refractivity contribution in [3.05, 3.63) is 63.7 Å². The number of nitrogens with one attached hydrogen (secondary N) is 2. The molecule has 1 saturated heterocycles. The van der Waals surface area contributed by atoms with E-state index in [1.807, 2.05) is 24.3 Å². The van der Waals surface area contributed by atoms with Gasteiger partial charge in [0, 0.05) is 17.7 Å². The molecule has 0 amide bonds. The highest BCUT2D eigenvalue weighted by Crippen LogP contribution is 2.23. The fourth-order valence-corrected chi connectivity index (χ4v) is 3.69. The van der Waals surface area contributed by atoms with Gasteiger partial charge >= 0.3 is 0 Å². The summed E-state index contributed by atoms with van der Waals surface area (Å²) >= 11 is 0. The van der Waals surface area contributed by atoms with Gasteiger partial charge in [-0.05, 0) is 18.2 Å². The molecule has 0 bridgehead atoms. The average Bonchev–Trinajstić information content (AvgIpc) is 2.70. The Labute approximate surface area is 159 Å². The first-order chi connectivity index (χ1) is 13.1. The number of hydrogen-bond acceptors (Lipinski definition) is 4. The van der Waals surface area contributed by atoms with E-state index in [-0.39, 0.29) is 10.6 Å². The molecule has 7 nitrogen and oxygen atoms in total. The lowest BCUT2D eigenvalue weighted by Gasteiger charge is -2.30. The number of rotatable bonds is 7. The largest absolute Gasteiger partial charge is 0.497 e. The molecule has 0 unspecified atom stereocenters. The molecule has 0 spiro atoms. The molecule has 1 aliphatic rings. The predicted octanol–water partition coefficient (Wildman–Crippen LogP) is 0.0956. The Bertz CT molecular complexity index is 789. The number of quaternary nitrogens is 2. The van der Waals surface area contributed by atoms with Gasteiger partial charge in [0.15, 0.2) is 0 Å². The maximum Gasteiger partial charge on any atom is 0.278 e. The molecule has 0 radical (unpaired) electrons. The summed E-state index contributed by atoms with van der Waals surface area (Å²) in [6, 6.07) is 13.0. The number of benzene rings is 2. The number of nitro benzene ring substituents is 1. The molecular formula is C20H27N3O4+2. The fourth-order valence-electron chi connectivity index (χ4n) is 3.69. The molecule has 0 aromatic heterocycles. The van der Waals surface area contributed by atoms with Gasteiger partial charge in [0.1, 0.15) is 50.8 Å². The Kier molecular flexibility index (Phi) is 6.26. The lowest BCUT2D eigenvalue weighted by atomic mass is 10.1. The van der Waals surface area contributed by atoms with Crippen molar-refractivity contribution < 1.29 is 24.2 Å². The normalized spacial score (nSPS) is 19.5. The first-order valence-electron chi connectivity index (χ1n) is 9.21. The van der Waals surface area contributed by atoms with Crippen LogP contribution in [-0.4, -0.2) is 45.3 Å². The molecule has 7 heteroatoms. The van der Waals surface area contributed by atoms with E-state index in [2.05, 4.69) is 6.07 Å². The van der Waals surface area contributed by atoms with E-state index in [1.54, 1.807) is 26.4 Å². The van der Waals surface area contributed by atoms with Gasteiger partial charge in [-0.1, -0.05) is 12.1 Å². The SMILES string of the molecule is COc1ccc(C[NH+]2CC[NH+](Cc3ccccc3[N+](=O)[O-])CC2)c(OC)c1. The van der Waals surface area contributed by atoms with Crippen LogP contribution >= 0.6 is 0 Å². The van der Waals surface area contributed by atoms with Gasteiger partial charge in [0.2, 0.25) is 0 Å². The number of methoxy groups -OCH3 is 2. The second-order valence-electron chi connectivity index (χ2n) is 6.92. The lowest BCUT2D eigenvalue weighted by Crippen LogP contribution is -3.27. The highest BCUT2D eigenvalue weighted by Gasteiger charge is 2.26. The molecule has 1 aliphatic heterocycles. The van der Waals surface area contributed by atoms with Crippen LogP contribution in [-0.2, 0) is 13.1 Å². The molecule has 2 N–H and O–H groups in total. The highest BCUT2D eigenvalue weighted by atomic mass is 16.6. The second kappa shape index (κ2) is 8.83. The van der Waals surface area contributed by atoms with Crippen LogP contribution in [0.1, 0.15) is 11.1 Å². The summed E-state index contributed by atoms with van der Waals surface area (Å²) in [6.07, 6.45) is 0. The Morgan fingerprint density at radius 1 is 0.926 bits per heavy atom. The first kappa shape index (κ1) is 19.1. The van der Waals surface area contributed by atoms with Crippen LogP contribution in [0, 0.1) is 10.1 Å². The van der Waals surface area contributed by atoms with Crippen molar-refractivity contribution >= 4 is 5.69 Å². The summed E-state index contributed by atoms with van der Waals surface area (Å²) in [6.45, 7) is 5.68. The summed E-state index contributed by atoms with van der Waals surface area (Å²) in [5.41, 5.74) is 2.22. The molecule has 2 aromatic rings. The number of ether oxygens (including phenoxy) is 2. The van der Waals surface area contributed by atoms with Crippen LogP contribution < -0.4 is 19.3 Å². The Balaban J connectivity index is 1.58. The molecule has 0 atom stereocenters.